The van der Waals surface area contributed by atoms with Crippen molar-refractivity contribution in [1.29, 1.82) is 0 Å². The van der Waals surface area contributed by atoms with Crippen LogP contribution in [0.1, 0.15) is 54.4 Å². The smallest absolute Gasteiger partial charge is 0.241 e. The summed E-state index contributed by atoms with van der Waals surface area (Å²) in [6.07, 6.45) is 6.67. The van der Waals surface area contributed by atoms with E-state index >= 15 is 0 Å². The number of carbonyl (C=O) groups excluding carboxylic acids is 1. The Morgan fingerprint density at radius 1 is 1.11 bits per heavy atom. The van der Waals surface area contributed by atoms with Gasteiger partial charge in [-0.2, -0.15) is 11.8 Å². The molecule has 0 saturated carbocycles. The molecule has 0 aliphatic carbocycles. The van der Waals surface area contributed by atoms with Crippen LogP contribution in [0.25, 0.3) is 0 Å². The maximum absolute atomic E-state index is 12.9. The molecule has 156 valence electrons. The van der Waals surface area contributed by atoms with E-state index < -0.39 is 10.0 Å². The van der Waals surface area contributed by atoms with E-state index in [1.807, 2.05) is 50.4 Å². The quantitative estimate of drug-likeness (QED) is 0.759. The van der Waals surface area contributed by atoms with Gasteiger partial charge in [-0.05, 0) is 81.9 Å². The number of hydrogen-bond donors (Lipinski definition) is 1. The van der Waals surface area contributed by atoms with Crippen LogP contribution >= 0.6 is 11.8 Å². The first-order valence-corrected chi connectivity index (χ1v) is 12.8. The Morgan fingerprint density at radius 3 is 2.14 bits per heavy atom. The summed E-state index contributed by atoms with van der Waals surface area (Å²) in [6.45, 7) is 7.69. The van der Waals surface area contributed by atoms with Crippen molar-refractivity contribution in [2.24, 2.45) is 0 Å². The number of amides is 1. The molecule has 1 aromatic rings. The predicted molar refractivity (Wildman–Crippen MR) is 115 cm³/mol. The summed E-state index contributed by atoms with van der Waals surface area (Å²) >= 11 is 1.90. The summed E-state index contributed by atoms with van der Waals surface area (Å²) in [5, 5.41) is 0.649. The summed E-state index contributed by atoms with van der Waals surface area (Å²) < 4.78 is 28.5. The molecule has 1 N–H and O–H groups in total. The molecule has 2 bridgehead atoms. The molecule has 0 aromatic heterocycles. The minimum Gasteiger partial charge on any atom is -0.337 e. The number of piperidine rings is 1. The predicted octanol–water partition coefficient (Wildman–Crippen LogP) is 3.47. The Hall–Kier alpha value is -1.05. The summed E-state index contributed by atoms with van der Waals surface area (Å²) in [5.74, 6) is 0.0867. The second-order valence-corrected chi connectivity index (χ2v) is 11.1. The fourth-order valence-corrected chi connectivity index (χ4v) is 7.28. The molecule has 28 heavy (non-hydrogen) atoms. The SMILES string of the molecule is CSC1CC2CCC(C1)N2C(=O)CCNS(=O)(=O)c1c(C)c(C)cc(C)c1C. The van der Waals surface area contributed by atoms with Crippen LogP contribution in [-0.2, 0) is 14.8 Å². The van der Waals surface area contributed by atoms with Gasteiger partial charge in [-0.15, -0.1) is 0 Å². The number of nitrogens with one attached hydrogen (secondary N) is 1. The molecule has 2 heterocycles. The van der Waals surface area contributed by atoms with E-state index in [0.29, 0.717) is 22.2 Å². The second kappa shape index (κ2) is 8.36. The van der Waals surface area contributed by atoms with Gasteiger partial charge in [0.05, 0.1) is 4.90 Å². The van der Waals surface area contributed by atoms with Crippen molar-refractivity contribution in [2.45, 2.75) is 82.0 Å². The average Bonchev–Trinajstić information content (AvgIpc) is 2.90. The average molecular weight is 425 g/mol. The number of thioether (sulfide) groups is 1. The van der Waals surface area contributed by atoms with Gasteiger partial charge in [0.2, 0.25) is 15.9 Å². The molecule has 0 radical (unpaired) electrons. The van der Waals surface area contributed by atoms with Crippen LogP contribution in [0.2, 0.25) is 0 Å². The molecule has 1 aromatic carbocycles. The van der Waals surface area contributed by atoms with Gasteiger partial charge < -0.3 is 4.90 Å². The summed E-state index contributed by atoms with van der Waals surface area (Å²) in [4.78, 5) is 15.2. The maximum atomic E-state index is 12.9. The second-order valence-electron chi connectivity index (χ2n) is 8.25. The van der Waals surface area contributed by atoms with Gasteiger partial charge in [0.1, 0.15) is 0 Å². The summed E-state index contributed by atoms with van der Waals surface area (Å²) in [7, 11) is -3.64. The molecule has 2 saturated heterocycles. The van der Waals surface area contributed by atoms with Gasteiger partial charge in [-0.25, -0.2) is 13.1 Å². The first-order valence-electron chi connectivity index (χ1n) is 10.1. The molecule has 2 aliphatic heterocycles. The molecule has 7 heteroatoms. The van der Waals surface area contributed by atoms with Crippen molar-refractivity contribution in [1.82, 2.24) is 9.62 Å². The van der Waals surface area contributed by atoms with Crippen molar-refractivity contribution in [3.05, 3.63) is 28.3 Å². The van der Waals surface area contributed by atoms with Crippen LogP contribution < -0.4 is 4.72 Å². The summed E-state index contributed by atoms with van der Waals surface area (Å²) in [6, 6.07) is 2.69. The van der Waals surface area contributed by atoms with E-state index in [1.165, 1.54) is 0 Å². The number of aryl methyl sites for hydroxylation is 2. The highest BCUT2D eigenvalue weighted by Gasteiger charge is 2.42. The lowest BCUT2D eigenvalue weighted by atomic mass is 10.0. The number of carbonyl (C=O) groups is 1. The fourth-order valence-electron chi connectivity index (χ4n) is 4.80. The van der Waals surface area contributed by atoms with E-state index in [9.17, 15) is 13.2 Å². The lowest BCUT2D eigenvalue weighted by Gasteiger charge is -2.38. The third-order valence-electron chi connectivity index (χ3n) is 6.51. The highest BCUT2D eigenvalue weighted by Crippen LogP contribution is 2.39. The van der Waals surface area contributed by atoms with Crippen LogP contribution in [0.5, 0.6) is 0 Å². The fraction of sp³-hybridized carbons (Fsp3) is 0.667. The highest BCUT2D eigenvalue weighted by molar-refractivity contribution is 7.99. The van der Waals surface area contributed by atoms with E-state index in [-0.39, 0.29) is 18.9 Å². The first kappa shape index (κ1) is 21.7. The number of nitrogens with zero attached hydrogens (tertiary/aromatic N) is 1. The highest BCUT2D eigenvalue weighted by atomic mass is 32.2. The molecule has 2 fully saturated rings. The third kappa shape index (κ3) is 4.12. The molecule has 3 rings (SSSR count). The van der Waals surface area contributed by atoms with Crippen molar-refractivity contribution in [3.8, 4) is 0 Å². The van der Waals surface area contributed by atoms with Crippen LogP contribution in [0, 0.1) is 27.7 Å². The van der Waals surface area contributed by atoms with Crippen LogP contribution in [0.15, 0.2) is 11.0 Å². The van der Waals surface area contributed by atoms with E-state index in [1.54, 1.807) is 0 Å². The van der Waals surface area contributed by atoms with Crippen LogP contribution in [-0.4, -0.2) is 49.4 Å². The molecule has 2 atom stereocenters. The van der Waals surface area contributed by atoms with Gasteiger partial charge in [-0.1, -0.05) is 6.07 Å². The summed E-state index contributed by atoms with van der Waals surface area (Å²) in [5.41, 5.74) is 3.49. The van der Waals surface area contributed by atoms with E-state index in [0.717, 1.165) is 47.9 Å². The third-order valence-corrected chi connectivity index (χ3v) is 9.29. The van der Waals surface area contributed by atoms with E-state index in [2.05, 4.69) is 11.0 Å². The number of rotatable bonds is 6. The van der Waals surface area contributed by atoms with Crippen molar-refractivity contribution in [2.75, 3.05) is 12.8 Å². The Labute approximate surface area is 173 Å². The van der Waals surface area contributed by atoms with Crippen LogP contribution in [0.3, 0.4) is 0 Å². The molecular formula is C21H32N2O3S2. The normalized spacial score (nSPS) is 24.6. The number of hydrogen-bond acceptors (Lipinski definition) is 4. The number of fused-ring (bicyclic) bond motifs is 2. The number of sulfonamides is 1. The lowest BCUT2D eigenvalue weighted by Crippen LogP contribution is -2.48. The monoisotopic (exact) mass is 424 g/mol. The van der Waals surface area contributed by atoms with Crippen molar-refractivity contribution < 1.29 is 13.2 Å². The Bertz CT molecular complexity index is 827. The molecule has 2 unspecified atom stereocenters. The Balaban J connectivity index is 1.65. The first-order chi connectivity index (χ1) is 13.2. The molecule has 5 nitrogen and oxygen atoms in total. The standard InChI is InChI=1S/C21H32N2O3S2/c1-13-10-14(2)16(4)21(15(13)3)28(25,26)22-9-8-20(24)23-17-6-7-18(23)12-19(11-17)27-5/h10,17-19,22H,6-9,11-12H2,1-5H3. The Morgan fingerprint density at radius 2 is 1.64 bits per heavy atom. The van der Waals surface area contributed by atoms with Crippen molar-refractivity contribution >= 4 is 27.7 Å². The molecule has 1 amide bonds. The topological polar surface area (TPSA) is 66.5 Å². The number of benzene rings is 1. The van der Waals surface area contributed by atoms with Gasteiger partial charge in [0, 0.05) is 30.3 Å². The van der Waals surface area contributed by atoms with Crippen molar-refractivity contribution in [3.63, 3.8) is 0 Å². The lowest BCUT2D eigenvalue weighted by molar-refractivity contribution is -0.135. The minimum atomic E-state index is -3.64. The minimum absolute atomic E-state index is 0.0867. The maximum Gasteiger partial charge on any atom is 0.241 e. The van der Waals surface area contributed by atoms with Gasteiger partial charge in [0.15, 0.2) is 0 Å². The van der Waals surface area contributed by atoms with Gasteiger partial charge in [0.25, 0.3) is 0 Å². The zero-order valence-corrected chi connectivity index (χ0v) is 19.2. The van der Waals surface area contributed by atoms with Gasteiger partial charge in [-0.3, -0.25) is 4.79 Å². The zero-order valence-electron chi connectivity index (χ0n) is 17.5. The largest absolute Gasteiger partial charge is 0.337 e. The zero-order chi connectivity index (χ0) is 20.6. The van der Waals surface area contributed by atoms with Crippen LogP contribution in [0.4, 0.5) is 0 Å². The van der Waals surface area contributed by atoms with E-state index in [4.69, 9.17) is 0 Å². The molecule has 0 spiro atoms. The van der Waals surface area contributed by atoms with Gasteiger partial charge >= 0.3 is 0 Å². The Kier molecular flexibility index (Phi) is 6.47. The molecule has 2 aliphatic rings. The molecular weight excluding hydrogens is 392 g/mol.